The van der Waals surface area contributed by atoms with Crippen molar-refractivity contribution < 1.29 is 19.5 Å². The standard InChI is InChI=1S/C11H21N3O4S/c1-6(12)9(15)14-8(4-5-19-3)10(16)13-7(2)11(17)18/h6-8H,4-5,12H2,1-3H3,(H,13,16)(H,14,15)(H,17,18)/t6-,7-,8-/m0/s1. The number of hydrogen-bond acceptors (Lipinski definition) is 5. The molecule has 0 spiro atoms. The molecule has 0 unspecified atom stereocenters. The Labute approximate surface area is 116 Å². The highest BCUT2D eigenvalue weighted by atomic mass is 32.2. The molecular formula is C11H21N3O4S. The van der Waals surface area contributed by atoms with E-state index in [-0.39, 0.29) is 0 Å². The molecule has 0 aromatic rings. The molecule has 0 aliphatic rings. The van der Waals surface area contributed by atoms with Crippen LogP contribution in [0.5, 0.6) is 0 Å². The highest BCUT2D eigenvalue weighted by Crippen LogP contribution is 2.02. The van der Waals surface area contributed by atoms with Gasteiger partial charge in [-0.1, -0.05) is 0 Å². The molecule has 0 saturated heterocycles. The zero-order valence-corrected chi connectivity index (χ0v) is 12.1. The van der Waals surface area contributed by atoms with E-state index < -0.39 is 35.9 Å². The molecule has 8 heteroatoms. The van der Waals surface area contributed by atoms with Crippen molar-refractivity contribution in [2.24, 2.45) is 5.73 Å². The summed E-state index contributed by atoms with van der Waals surface area (Å²) in [5.74, 6) is -1.42. The minimum atomic E-state index is -1.13. The fourth-order valence-electron chi connectivity index (χ4n) is 1.18. The monoisotopic (exact) mass is 291 g/mol. The van der Waals surface area contributed by atoms with Gasteiger partial charge in [-0.25, -0.2) is 0 Å². The summed E-state index contributed by atoms with van der Waals surface area (Å²) >= 11 is 1.53. The van der Waals surface area contributed by atoms with Crippen LogP contribution in [0.3, 0.4) is 0 Å². The van der Waals surface area contributed by atoms with Crippen molar-refractivity contribution in [3.05, 3.63) is 0 Å². The number of rotatable bonds is 8. The van der Waals surface area contributed by atoms with Crippen LogP contribution in [0.25, 0.3) is 0 Å². The summed E-state index contributed by atoms with van der Waals surface area (Å²) in [4.78, 5) is 34.1. The Hall–Kier alpha value is -1.28. The van der Waals surface area contributed by atoms with Crippen molar-refractivity contribution in [3.63, 3.8) is 0 Å². The van der Waals surface area contributed by atoms with Crippen LogP contribution in [0.15, 0.2) is 0 Å². The number of carbonyl (C=O) groups is 3. The molecule has 5 N–H and O–H groups in total. The number of carboxylic acids is 1. The predicted octanol–water partition coefficient (Wildman–Crippen LogP) is -0.839. The molecule has 0 bridgehead atoms. The van der Waals surface area contributed by atoms with Gasteiger partial charge in [-0.15, -0.1) is 0 Å². The van der Waals surface area contributed by atoms with E-state index in [2.05, 4.69) is 10.6 Å². The van der Waals surface area contributed by atoms with Crippen LogP contribution >= 0.6 is 11.8 Å². The molecular weight excluding hydrogens is 270 g/mol. The molecule has 2 amide bonds. The van der Waals surface area contributed by atoms with Crippen LogP contribution in [-0.4, -0.2) is 53.0 Å². The Kier molecular flexibility index (Phi) is 8.17. The number of aliphatic carboxylic acids is 1. The van der Waals surface area contributed by atoms with Gasteiger partial charge < -0.3 is 21.5 Å². The maximum atomic E-state index is 11.9. The van der Waals surface area contributed by atoms with Crippen LogP contribution in [-0.2, 0) is 14.4 Å². The van der Waals surface area contributed by atoms with Gasteiger partial charge in [0.25, 0.3) is 0 Å². The van der Waals surface area contributed by atoms with E-state index in [0.717, 1.165) is 0 Å². The van der Waals surface area contributed by atoms with E-state index in [4.69, 9.17) is 10.8 Å². The largest absolute Gasteiger partial charge is 0.480 e. The smallest absolute Gasteiger partial charge is 0.325 e. The van der Waals surface area contributed by atoms with Crippen LogP contribution in [0, 0.1) is 0 Å². The van der Waals surface area contributed by atoms with Crippen LogP contribution in [0.1, 0.15) is 20.3 Å². The molecule has 0 aromatic heterocycles. The maximum absolute atomic E-state index is 11.9. The fraction of sp³-hybridized carbons (Fsp3) is 0.727. The van der Waals surface area contributed by atoms with Crippen LogP contribution < -0.4 is 16.4 Å². The molecule has 110 valence electrons. The predicted molar refractivity (Wildman–Crippen MR) is 73.8 cm³/mol. The molecule has 0 aromatic carbocycles. The second-order valence-electron chi connectivity index (χ2n) is 4.20. The summed E-state index contributed by atoms with van der Waals surface area (Å²) in [6.45, 7) is 2.87. The lowest BCUT2D eigenvalue weighted by atomic mass is 10.1. The summed E-state index contributed by atoms with van der Waals surface area (Å²) < 4.78 is 0. The van der Waals surface area contributed by atoms with E-state index in [1.165, 1.54) is 25.6 Å². The number of thioether (sulfide) groups is 1. The number of nitrogens with one attached hydrogen (secondary N) is 2. The number of nitrogens with two attached hydrogens (primary N) is 1. The van der Waals surface area contributed by atoms with E-state index in [0.29, 0.717) is 12.2 Å². The number of carboxylic acid groups (broad SMARTS) is 1. The van der Waals surface area contributed by atoms with Crippen molar-refractivity contribution in [2.75, 3.05) is 12.0 Å². The summed E-state index contributed by atoms with van der Waals surface area (Å²) in [5.41, 5.74) is 5.42. The highest BCUT2D eigenvalue weighted by molar-refractivity contribution is 7.98. The number of carbonyl (C=O) groups excluding carboxylic acids is 2. The molecule has 3 atom stereocenters. The van der Waals surface area contributed by atoms with Gasteiger partial charge in [0.05, 0.1) is 6.04 Å². The first-order valence-electron chi connectivity index (χ1n) is 5.87. The summed E-state index contributed by atoms with van der Waals surface area (Å²) in [6, 6.07) is -2.49. The van der Waals surface area contributed by atoms with E-state index in [1.807, 2.05) is 6.26 Å². The van der Waals surface area contributed by atoms with Crippen molar-refractivity contribution in [3.8, 4) is 0 Å². The Bertz CT molecular complexity index is 336. The third kappa shape index (κ3) is 7.02. The molecule has 0 fully saturated rings. The Morgan fingerprint density at radius 1 is 1.21 bits per heavy atom. The van der Waals surface area contributed by atoms with Crippen molar-refractivity contribution >= 4 is 29.5 Å². The molecule has 19 heavy (non-hydrogen) atoms. The quantitative estimate of drug-likeness (QED) is 0.463. The zero-order chi connectivity index (χ0) is 15.0. The normalized spacial score (nSPS) is 15.2. The molecule has 7 nitrogen and oxygen atoms in total. The van der Waals surface area contributed by atoms with Gasteiger partial charge in [-0.3, -0.25) is 14.4 Å². The first-order chi connectivity index (χ1) is 8.79. The molecule has 0 aliphatic carbocycles. The minimum Gasteiger partial charge on any atom is -0.480 e. The van der Waals surface area contributed by atoms with Crippen molar-refractivity contribution in [2.45, 2.75) is 38.4 Å². The third-order valence-corrected chi connectivity index (χ3v) is 3.03. The van der Waals surface area contributed by atoms with Gasteiger partial charge in [0.1, 0.15) is 12.1 Å². The lowest BCUT2D eigenvalue weighted by Gasteiger charge is -2.20. The molecule has 0 saturated carbocycles. The lowest BCUT2D eigenvalue weighted by molar-refractivity contribution is -0.141. The van der Waals surface area contributed by atoms with E-state index >= 15 is 0 Å². The lowest BCUT2D eigenvalue weighted by Crippen LogP contribution is -2.53. The van der Waals surface area contributed by atoms with E-state index in [1.54, 1.807) is 0 Å². The fourth-order valence-corrected chi connectivity index (χ4v) is 1.65. The Morgan fingerprint density at radius 2 is 1.79 bits per heavy atom. The number of amides is 2. The van der Waals surface area contributed by atoms with Gasteiger partial charge in [0, 0.05) is 0 Å². The SMILES string of the molecule is CSCC[C@H](NC(=O)[C@H](C)N)C(=O)N[C@@H](C)C(=O)O. The second kappa shape index (κ2) is 8.76. The first-order valence-corrected chi connectivity index (χ1v) is 7.27. The minimum absolute atomic E-state index is 0.414. The van der Waals surface area contributed by atoms with Gasteiger partial charge >= 0.3 is 5.97 Å². The Balaban J connectivity index is 4.59. The first kappa shape index (κ1) is 17.7. The average Bonchev–Trinajstić information content (AvgIpc) is 2.33. The third-order valence-electron chi connectivity index (χ3n) is 2.39. The molecule has 0 heterocycles. The summed E-state index contributed by atoms with van der Waals surface area (Å²) in [7, 11) is 0. The zero-order valence-electron chi connectivity index (χ0n) is 11.3. The van der Waals surface area contributed by atoms with Gasteiger partial charge in [0.15, 0.2) is 0 Å². The van der Waals surface area contributed by atoms with Crippen LogP contribution in [0.4, 0.5) is 0 Å². The Morgan fingerprint density at radius 3 is 2.21 bits per heavy atom. The van der Waals surface area contributed by atoms with Gasteiger partial charge in [0.2, 0.25) is 11.8 Å². The van der Waals surface area contributed by atoms with E-state index in [9.17, 15) is 14.4 Å². The molecule has 0 radical (unpaired) electrons. The van der Waals surface area contributed by atoms with Crippen molar-refractivity contribution in [1.29, 1.82) is 0 Å². The van der Waals surface area contributed by atoms with Gasteiger partial charge in [-0.2, -0.15) is 11.8 Å². The second-order valence-corrected chi connectivity index (χ2v) is 5.19. The van der Waals surface area contributed by atoms with Gasteiger partial charge in [-0.05, 0) is 32.3 Å². The molecule has 0 aliphatic heterocycles. The number of hydrogen-bond donors (Lipinski definition) is 4. The molecule has 0 rings (SSSR count). The highest BCUT2D eigenvalue weighted by Gasteiger charge is 2.24. The maximum Gasteiger partial charge on any atom is 0.325 e. The average molecular weight is 291 g/mol. The van der Waals surface area contributed by atoms with Crippen molar-refractivity contribution in [1.82, 2.24) is 10.6 Å². The van der Waals surface area contributed by atoms with Crippen LogP contribution in [0.2, 0.25) is 0 Å². The summed E-state index contributed by atoms with van der Waals surface area (Å²) in [5, 5.41) is 13.6. The summed E-state index contributed by atoms with van der Waals surface area (Å²) in [6.07, 6.45) is 2.29. The topological polar surface area (TPSA) is 122 Å².